The first-order chi connectivity index (χ1) is 8.54. The zero-order valence-electron chi connectivity index (χ0n) is 11.2. The number of carbonyl (C=O) groups is 1. The number of rotatable bonds is 6. The summed E-state index contributed by atoms with van der Waals surface area (Å²) in [6.45, 7) is 1.61. The Morgan fingerprint density at radius 2 is 2.17 bits per heavy atom. The van der Waals surface area contributed by atoms with Crippen LogP contribution in [0, 0.1) is 0 Å². The molecule has 0 radical (unpaired) electrons. The molecule has 3 N–H and O–H groups in total. The molecule has 100 valence electrons. The molecule has 0 heterocycles. The maximum Gasteiger partial charge on any atom is 0.251 e. The predicted octanol–water partition coefficient (Wildman–Crippen LogP) is 0.959. The number of ether oxygens (including phenoxy) is 1. The van der Waals surface area contributed by atoms with E-state index in [1.54, 1.807) is 18.2 Å². The van der Waals surface area contributed by atoms with Gasteiger partial charge >= 0.3 is 0 Å². The molecule has 0 bridgehead atoms. The molecule has 0 atom stereocenters. The highest BCUT2D eigenvalue weighted by Gasteiger charge is 2.08. The number of nitrogen functional groups attached to an aromatic ring is 1. The van der Waals surface area contributed by atoms with E-state index in [4.69, 9.17) is 10.5 Å². The Kier molecular flexibility index (Phi) is 5.45. The summed E-state index contributed by atoms with van der Waals surface area (Å²) in [5, 5.41) is 2.86. The average Bonchev–Trinajstić information content (AvgIpc) is 2.34. The number of methoxy groups -OCH3 is 1. The van der Waals surface area contributed by atoms with Crippen LogP contribution < -0.4 is 15.8 Å². The molecular formula is C13H21N3O2. The van der Waals surface area contributed by atoms with E-state index in [9.17, 15) is 4.79 Å². The largest absolute Gasteiger partial charge is 0.495 e. The molecule has 0 fully saturated rings. The molecule has 18 heavy (non-hydrogen) atoms. The van der Waals surface area contributed by atoms with Gasteiger partial charge < -0.3 is 20.7 Å². The third-order valence-corrected chi connectivity index (χ3v) is 2.56. The molecular weight excluding hydrogens is 230 g/mol. The number of anilines is 1. The molecule has 0 aromatic heterocycles. The molecule has 0 aliphatic carbocycles. The molecule has 0 unspecified atom stereocenters. The van der Waals surface area contributed by atoms with Crippen molar-refractivity contribution in [2.45, 2.75) is 6.42 Å². The number of nitrogens with zero attached hydrogens (tertiary/aromatic N) is 1. The topological polar surface area (TPSA) is 67.6 Å². The van der Waals surface area contributed by atoms with Gasteiger partial charge in [0.1, 0.15) is 5.75 Å². The van der Waals surface area contributed by atoms with Crippen LogP contribution in [0.2, 0.25) is 0 Å². The molecule has 5 heteroatoms. The van der Waals surface area contributed by atoms with Gasteiger partial charge in [0.25, 0.3) is 5.91 Å². The van der Waals surface area contributed by atoms with Crippen LogP contribution in [-0.2, 0) is 0 Å². The number of carbonyl (C=O) groups excluding carboxylic acids is 1. The summed E-state index contributed by atoms with van der Waals surface area (Å²) in [7, 11) is 5.55. The molecule has 0 saturated carbocycles. The predicted molar refractivity (Wildman–Crippen MR) is 72.9 cm³/mol. The first kappa shape index (κ1) is 14.3. The molecule has 0 spiro atoms. The van der Waals surface area contributed by atoms with Crippen molar-refractivity contribution in [1.82, 2.24) is 10.2 Å². The normalized spacial score (nSPS) is 10.4. The van der Waals surface area contributed by atoms with Crippen LogP contribution in [0.25, 0.3) is 0 Å². The van der Waals surface area contributed by atoms with Gasteiger partial charge in [0.2, 0.25) is 0 Å². The lowest BCUT2D eigenvalue weighted by atomic mass is 10.1. The molecule has 5 nitrogen and oxygen atoms in total. The second kappa shape index (κ2) is 6.86. The zero-order valence-corrected chi connectivity index (χ0v) is 11.2. The zero-order chi connectivity index (χ0) is 13.5. The molecule has 1 aromatic carbocycles. The highest BCUT2D eigenvalue weighted by Crippen LogP contribution is 2.21. The number of hydrogen-bond acceptors (Lipinski definition) is 4. The van der Waals surface area contributed by atoms with E-state index in [1.807, 2.05) is 14.1 Å². The first-order valence-corrected chi connectivity index (χ1v) is 5.91. The lowest BCUT2D eigenvalue weighted by molar-refractivity contribution is 0.0952. The van der Waals surface area contributed by atoms with Crippen LogP contribution in [-0.4, -0.2) is 45.1 Å². The van der Waals surface area contributed by atoms with Crippen molar-refractivity contribution in [3.63, 3.8) is 0 Å². The Labute approximate surface area is 108 Å². The minimum atomic E-state index is -0.105. The van der Waals surface area contributed by atoms with Crippen molar-refractivity contribution in [1.29, 1.82) is 0 Å². The fourth-order valence-corrected chi connectivity index (χ4v) is 1.55. The smallest absolute Gasteiger partial charge is 0.251 e. The standard InChI is InChI=1S/C13H21N3O2/c1-16(2)8-4-7-15-13(17)10-5-6-11(14)12(9-10)18-3/h5-6,9H,4,7-8,14H2,1-3H3,(H,15,17). The fraction of sp³-hybridized carbons (Fsp3) is 0.462. The van der Waals surface area contributed by atoms with Crippen molar-refractivity contribution in [2.24, 2.45) is 0 Å². The van der Waals surface area contributed by atoms with E-state index < -0.39 is 0 Å². The number of nitrogens with two attached hydrogens (primary N) is 1. The van der Waals surface area contributed by atoms with Gasteiger partial charge in [0.05, 0.1) is 12.8 Å². The molecule has 0 aliphatic heterocycles. The third-order valence-electron chi connectivity index (χ3n) is 2.56. The molecule has 1 rings (SSSR count). The van der Waals surface area contributed by atoms with Crippen LogP contribution >= 0.6 is 0 Å². The minimum absolute atomic E-state index is 0.105. The molecule has 1 amide bonds. The Hall–Kier alpha value is -1.75. The Morgan fingerprint density at radius 3 is 2.78 bits per heavy atom. The fourth-order valence-electron chi connectivity index (χ4n) is 1.55. The summed E-state index contributed by atoms with van der Waals surface area (Å²) in [5.41, 5.74) is 6.78. The van der Waals surface area contributed by atoms with Crippen molar-refractivity contribution >= 4 is 11.6 Å². The SMILES string of the molecule is COc1cc(C(=O)NCCCN(C)C)ccc1N. The van der Waals surface area contributed by atoms with Gasteiger partial charge in [0, 0.05) is 12.1 Å². The van der Waals surface area contributed by atoms with Gasteiger partial charge in [-0.05, 0) is 45.3 Å². The van der Waals surface area contributed by atoms with Crippen molar-refractivity contribution < 1.29 is 9.53 Å². The number of amides is 1. The van der Waals surface area contributed by atoms with E-state index in [0.29, 0.717) is 23.5 Å². The van der Waals surface area contributed by atoms with Crippen LogP contribution in [0.1, 0.15) is 16.8 Å². The lowest BCUT2D eigenvalue weighted by Gasteiger charge is -2.10. The maximum atomic E-state index is 11.8. The second-order valence-corrected chi connectivity index (χ2v) is 4.37. The van der Waals surface area contributed by atoms with E-state index in [0.717, 1.165) is 13.0 Å². The summed E-state index contributed by atoms with van der Waals surface area (Å²) in [6.07, 6.45) is 0.921. The highest BCUT2D eigenvalue weighted by molar-refractivity contribution is 5.95. The summed E-state index contributed by atoms with van der Waals surface area (Å²) in [4.78, 5) is 13.9. The van der Waals surface area contributed by atoms with Crippen molar-refractivity contribution in [3.8, 4) is 5.75 Å². The summed E-state index contributed by atoms with van der Waals surface area (Å²) >= 11 is 0. The van der Waals surface area contributed by atoms with E-state index in [-0.39, 0.29) is 5.91 Å². The molecule has 1 aromatic rings. The van der Waals surface area contributed by atoms with Gasteiger partial charge in [-0.2, -0.15) is 0 Å². The monoisotopic (exact) mass is 251 g/mol. The van der Waals surface area contributed by atoms with Crippen LogP contribution in [0.15, 0.2) is 18.2 Å². The van der Waals surface area contributed by atoms with Crippen LogP contribution in [0.3, 0.4) is 0 Å². The lowest BCUT2D eigenvalue weighted by Crippen LogP contribution is -2.27. The summed E-state index contributed by atoms with van der Waals surface area (Å²) in [6, 6.07) is 5.02. The highest BCUT2D eigenvalue weighted by atomic mass is 16.5. The van der Waals surface area contributed by atoms with Gasteiger partial charge in [-0.3, -0.25) is 4.79 Å². The Bertz CT molecular complexity index is 405. The third kappa shape index (κ3) is 4.25. The second-order valence-electron chi connectivity index (χ2n) is 4.37. The summed E-state index contributed by atoms with van der Waals surface area (Å²) in [5.74, 6) is 0.419. The van der Waals surface area contributed by atoms with E-state index in [1.165, 1.54) is 7.11 Å². The van der Waals surface area contributed by atoms with Gasteiger partial charge in [-0.25, -0.2) is 0 Å². The molecule has 0 saturated heterocycles. The van der Waals surface area contributed by atoms with Crippen LogP contribution in [0.5, 0.6) is 5.75 Å². The van der Waals surface area contributed by atoms with Gasteiger partial charge in [0.15, 0.2) is 0 Å². The number of benzene rings is 1. The van der Waals surface area contributed by atoms with Gasteiger partial charge in [-0.1, -0.05) is 0 Å². The summed E-state index contributed by atoms with van der Waals surface area (Å²) < 4.78 is 5.08. The van der Waals surface area contributed by atoms with E-state index in [2.05, 4.69) is 10.2 Å². The average molecular weight is 251 g/mol. The Morgan fingerprint density at radius 1 is 1.44 bits per heavy atom. The number of nitrogens with one attached hydrogen (secondary N) is 1. The quantitative estimate of drug-likeness (QED) is 0.583. The maximum absolute atomic E-state index is 11.8. The number of hydrogen-bond donors (Lipinski definition) is 2. The first-order valence-electron chi connectivity index (χ1n) is 5.91. The van der Waals surface area contributed by atoms with E-state index >= 15 is 0 Å². The van der Waals surface area contributed by atoms with Gasteiger partial charge in [-0.15, -0.1) is 0 Å². The van der Waals surface area contributed by atoms with Crippen molar-refractivity contribution in [3.05, 3.63) is 23.8 Å². The molecule has 0 aliphatic rings. The van der Waals surface area contributed by atoms with Crippen LogP contribution in [0.4, 0.5) is 5.69 Å². The van der Waals surface area contributed by atoms with Crippen molar-refractivity contribution in [2.75, 3.05) is 40.0 Å². The minimum Gasteiger partial charge on any atom is -0.495 e. The Balaban J connectivity index is 2.51.